The third kappa shape index (κ3) is 3.86. The number of quaternary nitrogens is 1. The molecule has 0 bridgehead atoms. The van der Waals surface area contributed by atoms with E-state index in [1.54, 1.807) is 6.07 Å². The number of anilines is 1. The van der Waals surface area contributed by atoms with E-state index in [2.05, 4.69) is 11.1 Å². The van der Waals surface area contributed by atoms with Gasteiger partial charge in [-0.25, -0.2) is 0 Å². The van der Waals surface area contributed by atoms with Crippen LogP contribution >= 0.6 is 0 Å². The number of rotatable bonds is 2. The van der Waals surface area contributed by atoms with Crippen LogP contribution in [-0.2, 0) is 15.8 Å². The van der Waals surface area contributed by atoms with Gasteiger partial charge in [0.15, 0.2) is 6.54 Å². The molecule has 1 saturated heterocycles. The van der Waals surface area contributed by atoms with Crippen LogP contribution in [0.5, 0.6) is 0 Å². The van der Waals surface area contributed by atoms with Crippen molar-refractivity contribution in [3.8, 4) is 11.1 Å². The van der Waals surface area contributed by atoms with Crippen molar-refractivity contribution >= 4 is 23.4 Å². The second kappa shape index (κ2) is 7.69. The van der Waals surface area contributed by atoms with E-state index in [1.807, 2.05) is 0 Å². The van der Waals surface area contributed by atoms with E-state index in [0.29, 0.717) is 11.1 Å². The summed E-state index contributed by atoms with van der Waals surface area (Å²) in [6.45, 7) is 0.589. The predicted molar refractivity (Wildman–Crippen MR) is 105 cm³/mol. The monoisotopic (exact) mass is 433 g/mol. The molecular formula is C21H20F3N4O3+. The number of carbonyl (C=O) groups is 3. The Balaban J connectivity index is 1.69. The van der Waals surface area contributed by atoms with E-state index in [1.165, 1.54) is 34.1 Å². The van der Waals surface area contributed by atoms with E-state index >= 15 is 0 Å². The number of nitrogens with zero attached hydrogens (tertiary/aromatic N) is 2. The van der Waals surface area contributed by atoms with E-state index in [0.717, 1.165) is 12.1 Å². The van der Waals surface area contributed by atoms with E-state index < -0.39 is 29.6 Å². The molecule has 0 saturated carbocycles. The number of benzene rings is 2. The van der Waals surface area contributed by atoms with Gasteiger partial charge in [0.2, 0.25) is 5.91 Å². The smallest absolute Gasteiger partial charge is 0.350 e. The van der Waals surface area contributed by atoms with Gasteiger partial charge < -0.3 is 20.9 Å². The van der Waals surface area contributed by atoms with Crippen molar-refractivity contribution in [3.63, 3.8) is 0 Å². The van der Waals surface area contributed by atoms with Gasteiger partial charge in [-0.3, -0.25) is 14.4 Å². The molecule has 2 heterocycles. The van der Waals surface area contributed by atoms with Gasteiger partial charge in [0.25, 0.3) is 11.8 Å². The molecule has 31 heavy (non-hydrogen) atoms. The minimum Gasteiger partial charge on any atom is -0.350 e. The molecule has 0 aromatic heterocycles. The summed E-state index contributed by atoms with van der Waals surface area (Å²) in [7, 11) is 0. The molecule has 0 radical (unpaired) electrons. The van der Waals surface area contributed by atoms with Crippen LogP contribution in [0.4, 0.5) is 18.9 Å². The van der Waals surface area contributed by atoms with Crippen molar-refractivity contribution < 1.29 is 33.3 Å². The Morgan fingerprint density at radius 3 is 2.55 bits per heavy atom. The Hall–Kier alpha value is -3.40. The molecule has 0 unspecified atom stereocenters. The lowest BCUT2D eigenvalue weighted by Gasteiger charge is -2.38. The summed E-state index contributed by atoms with van der Waals surface area (Å²) < 4.78 is 39.2. The van der Waals surface area contributed by atoms with Gasteiger partial charge in [-0.05, 0) is 35.4 Å². The minimum atomic E-state index is -4.48. The first-order valence-corrected chi connectivity index (χ1v) is 9.69. The Morgan fingerprint density at radius 1 is 1.10 bits per heavy atom. The molecule has 0 aliphatic carbocycles. The molecule has 7 nitrogen and oxygen atoms in total. The molecule has 1 fully saturated rings. The third-order valence-corrected chi connectivity index (χ3v) is 5.54. The number of nitrogens with one attached hydrogen (secondary N) is 1. The summed E-state index contributed by atoms with van der Waals surface area (Å²) in [4.78, 5) is 40.8. The lowest BCUT2D eigenvalue weighted by Crippen LogP contribution is -2.64. The molecule has 10 heteroatoms. The molecule has 4 N–H and O–H groups in total. The van der Waals surface area contributed by atoms with Crippen LogP contribution in [0.1, 0.15) is 15.9 Å². The van der Waals surface area contributed by atoms with E-state index in [9.17, 15) is 27.6 Å². The molecule has 162 valence electrons. The number of fused-ring (bicyclic) bond motifs is 2. The highest BCUT2D eigenvalue weighted by Crippen LogP contribution is 2.34. The molecule has 1 atom stereocenters. The Kier molecular flexibility index (Phi) is 5.18. The first-order chi connectivity index (χ1) is 14.7. The maximum atomic E-state index is 13.2. The van der Waals surface area contributed by atoms with Crippen molar-refractivity contribution in [2.24, 2.45) is 0 Å². The van der Waals surface area contributed by atoms with Crippen molar-refractivity contribution in [1.82, 2.24) is 9.80 Å². The number of carbonyl (C=O) groups excluding carboxylic acids is 3. The van der Waals surface area contributed by atoms with Crippen molar-refractivity contribution in [3.05, 3.63) is 53.6 Å². The summed E-state index contributed by atoms with van der Waals surface area (Å²) in [5.41, 5.74) is 4.00. The number of hydrogen-bond donors (Lipinski definition) is 2. The summed E-state index contributed by atoms with van der Waals surface area (Å²) in [5.74, 6) is -1.03. The summed E-state index contributed by atoms with van der Waals surface area (Å²) >= 11 is 0. The Labute approximate surface area is 175 Å². The van der Waals surface area contributed by atoms with Crippen molar-refractivity contribution in [1.29, 1.82) is 0 Å². The van der Waals surface area contributed by atoms with Gasteiger partial charge in [-0.1, -0.05) is 18.2 Å². The fourth-order valence-electron chi connectivity index (χ4n) is 3.89. The van der Waals surface area contributed by atoms with Crippen molar-refractivity contribution in [2.45, 2.75) is 12.2 Å². The topological polar surface area (TPSA) is 97.4 Å². The maximum Gasteiger partial charge on any atom is 0.416 e. The van der Waals surface area contributed by atoms with Crippen LogP contribution in [0.25, 0.3) is 11.1 Å². The highest BCUT2D eigenvalue weighted by Gasteiger charge is 2.40. The van der Waals surface area contributed by atoms with Crippen LogP contribution in [0, 0.1) is 0 Å². The molecular weight excluding hydrogens is 413 g/mol. The average Bonchev–Trinajstić information content (AvgIpc) is 2.86. The van der Waals surface area contributed by atoms with Gasteiger partial charge in [-0.15, -0.1) is 0 Å². The average molecular weight is 433 g/mol. The van der Waals surface area contributed by atoms with Gasteiger partial charge in [0.05, 0.1) is 23.4 Å². The zero-order chi connectivity index (χ0) is 22.3. The van der Waals surface area contributed by atoms with Gasteiger partial charge >= 0.3 is 6.18 Å². The first-order valence-electron chi connectivity index (χ1n) is 9.69. The number of alkyl halides is 3. The molecule has 2 aliphatic heterocycles. The van der Waals surface area contributed by atoms with Crippen LogP contribution < -0.4 is 11.1 Å². The number of halogens is 3. The van der Waals surface area contributed by atoms with Gasteiger partial charge in [0.1, 0.15) is 6.04 Å². The molecule has 2 aromatic carbocycles. The van der Waals surface area contributed by atoms with Crippen LogP contribution in [0.3, 0.4) is 0 Å². The SMILES string of the molecule is [NH3+]CC(=O)N1CCN2C(=O)c3cc(-c4cccc(C(F)(F)F)c4)ccc3NC(=O)[C@@H]2C1. The summed E-state index contributed by atoms with van der Waals surface area (Å²) in [5, 5.41) is 2.71. The number of piperazine rings is 1. The Morgan fingerprint density at radius 2 is 1.84 bits per heavy atom. The normalized spacial score (nSPS) is 18.8. The fraction of sp³-hybridized carbons (Fsp3) is 0.286. The maximum absolute atomic E-state index is 13.2. The molecule has 4 rings (SSSR count). The van der Waals surface area contributed by atoms with Crippen LogP contribution in [0.2, 0.25) is 0 Å². The zero-order valence-corrected chi connectivity index (χ0v) is 16.4. The lowest BCUT2D eigenvalue weighted by molar-refractivity contribution is -0.357. The Bertz CT molecular complexity index is 1070. The second-order valence-electron chi connectivity index (χ2n) is 7.43. The zero-order valence-electron chi connectivity index (χ0n) is 16.4. The largest absolute Gasteiger partial charge is 0.416 e. The molecule has 3 amide bonds. The minimum absolute atomic E-state index is 0.0584. The quantitative estimate of drug-likeness (QED) is 0.745. The van der Waals surface area contributed by atoms with E-state index in [4.69, 9.17) is 0 Å². The summed E-state index contributed by atoms with van der Waals surface area (Å²) in [6, 6.07) is 8.56. The molecule has 2 aromatic rings. The highest BCUT2D eigenvalue weighted by atomic mass is 19.4. The van der Waals surface area contributed by atoms with E-state index in [-0.39, 0.29) is 43.3 Å². The second-order valence-corrected chi connectivity index (χ2v) is 7.43. The first kappa shape index (κ1) is 20.9. The van der Waals surface area contributed by atoms with Crippen LogP contribution in [0.15, 0.2) is 42.5 Å². The summed E-state index contributed by atoms with van der Waals surface area (Å²) in [6.07, 6.45) is -4.48. The predicted octanol–water partition coefficient (Wildman–Crippen LogP) is 1.22. The number of hydrogen-bond acceptors (Lipinski definition) is 3. The molecule has 0 spiro atoms. The van der Waals surface area contributed by atoms with Gasteiger partial charge in [0, 0.05) is 13.1 Å². The highest BCUT2D eigenvalue weighted by molar-refractivity contribution is 6.10. The lowest BCUT2D eigenvalue weighted by atomic mass is 9.99. The van der Waals surface area contributed by atoms with Crippen LogP contribution in [-0.4, -0.2) is 59.7 Å². The standard InChI is InChI=1S/C21H19F3N4O3/c22-21(23,24)14-3-1-2-12(8-14)13-4-5-16-15(9-13)20(31)28-7-6-27(18(29)10-25)11-17(28)19(30)26-16/h1-5,8-9,17H,6-7,10-11,25H2,(H,26,30)/p+1/t17-/m0/s1. The third-order valence-electron chi connectivity index (χ3n) is 5.54. The fourth-order valence-corrected chi connectivity index (χ4v) is 3.89. The number of amides is 3. The van der Waals surface area contributed by atoms with Gasteiger partial charge in [-0.2, -0.15) is 13.2 Å². The van der Waals surface area contributed by atoms with Crippen molar-refractivity contribution in [2.75, 3.05) is 31.5 Å². The molecule has 2 aliphatic rings.